The summed E-state index contributed by atoms with van der Waals surface area (Å²) in [7, 11) is 0. The maximum Gasteiger partial charge on any atom is 0.0952 e. The molecule has 17 heavy (non-hydrogen) atoms. The first-order valence-electron chi connectivity index (χ1n) is 5.64. The molecular weight excluding hydrogens is 278 g/mol. The molecular formula is C13H16BrN3. The van der Waals surface area contributed by atoms with Crippen LogP contribution in [-0.2, 0) is 6.54 Å². The van der Waals surface area contributed by atoms with Crippen molar-refractivity contribution in [3.8, 4) is 0 Å². The quantitative estimate of drug-likeness (QED) is 0.937. The van der Waals surface area contributed by atoms with Gasteiger partial charge in [0.15, 0.2) is 0 Å². The van der Waals surface area contributed by atoms with E-state index < -0.39 is 0 Å². The average molecular weight is 294 g/mol. The summed E-state index contributed by atoms with van der Waals surface area (Å²) in [5.41, 5.74) is 3.47. The zero-order valence-corrected chi connectivity index (χ0v) is 11.7. The van der Waals surface area contributed by atoms with Crippen molar-refractivity contribution in [2.24, 2.45) is 0 Å². The highest BCUT2D eigenvalue weighted by atomic mass is 79.9. The molecule has 0 spiro atoms. The van der Waals surface area contributed by atoms with E-state index in [2.05, 4.69) is 49.9 Å². The monoisotopic (exact) mass is 293 g/mol. The summed E-state index contributed by atoms with van der Waals surface area (Å²) >= 11 is 3.46. The molecule has 1 aromatic carbocycles. The van der Waals surface area contributed by atoms with Crippen LogP contribution in [0.15, 0.2) is 35.1 Å². The second kappa shape index (κ2) is 5.36. The smallest absolute Gasteiger partial charge is 0.0952 e. The Bertz CT molecular complexity index is 505. The molecule has 0 atom stereocenters. The molecule has 0 aliphatic carbocycles. The standard InChI is InChI=1S/C13H16BrN3/c1-10-11(2)17(9-16-10)7-6-15-13-5-3-4-12(14)8-13/h3-5,8-9,15H,6-7H2,1-2H3. The Hall–Kier alpha value is -1.29. The van der Waals surface area contributed by atoms with Gasteiger partial charge in [-0.05, 0) is 32.0 Å². The molecule has 0 unspecified atom stereocenters. The van der Waals surface area contributed by atoms with Gasteiger partial charge in [0.05, 0.1) is 12.0 Å². The first kappa shape index (κ1) is 12.2. The lowest BCUT2D eigenvalue weighted by molar-refractivity contribution is 0.705. The van der Waals surface area contributed by atoms with Crippen molar-refractivity contribution in [3.05, 3.63) is 46.5 Å². The van der Waals surface area contributed by atoms with Crippen molar-refractivity contribution in [3.63, 3.8) is 0 Å². The van der Waals surface area contributed by atoms with Gasteiger partial charge in [-0.1, -0.05) is 22.0 Å². The Balaban J connectivity index is 1.90. The number of imidazole rings is 1. The van der Waals surface area contributed by atoms with Gasteiger partial charge in [-0.25, -0.2) is 4.98 Å². The van der Waals surface area contributed by atoms with Crippen molar-refractivity contribution in [1.29, 1.82) is 0 Å². The van der Waals surface area contributed by atoms with Crippen LogP contribution in [-0.4, -0.2) is 16.1 Å². The highest BCUT2D eigenvalue weighted by molar-refractivity contribution is 9.10. The van der Waals surface area contributed by atoms with Crippen LogP contribution >= 0.6 is 15.9 Å². The number of anilines is 1. The highest BCUT2D eigenvalue weighted by Gasteiger charge is 2.01. The fourth-order valence-electron chi connectivity index (χ4n) is 1.69. The van der Waals surface area contributed by atoms with Gasteiger partial charge in [-0.2, -0.15) is 0 Å². The normalized spacial score (nSPS) is 10.5. The molecule has 3 nitrogen and oxygen atoms in total. The lowest BCUT2D eigenvalue weighted by atomic mass is 10.3. The minimum absolute atomic E-state index is 0.896. The summed E-state index contributed by atoms with van der Waals surface area (Å²) < 4.78 is 3.26. The summed E-state index contributed by atoms with van der Waals surface area (Å²) in [4.78, 5) is 4.28. The SMILES string of the molecule is Cc1ncn(CCNc2cccc(Br)c2)c1C. The molecule has 0 aliphatic rings. The second-order valence-electron chi connectivity index (χ2n) is 4.05. The molecule has 90 valence electrons. The number of aryl methyl sites for hydroxylation is 1. The zero-order chi connectivity index (χ0) is 12.3. The van der Waals surface area contributed by atoms with E-state index in [0.717, 1.165) is 28.9 Å². The summed E-state index contributed by atoms with van der Waals surface area (Å²) in [5, 5.41) is 3.39. The van der Waals surface area contributed by atoms with E-state index in [0.29, 0.717) is 0 Å². The number of hydrogen-bond acceptors (Lipinski definition) is 2. The van der Waals surface area contributed by atoms with Crippen LogP contribution in [0.1, 0.15) is 11.4 Å². The lowest BCUT2D eigenvalue weighted by Gasteiger charge is -2.08. The summed E-state index contributed by atoms with van der Waals surface area (Å²) in [6.07, 6.45) is 1.90. The predicted octanol–water partition coefficient (Wildman–Crippen LogP) is 3.37. The third-order valence-electron chi connectivity index (χ3n) is 2.85. The Labute approximate surface area is 110 Å². The van der Waals surface area contributed by atoms with E-state index in [1.165, 1.54) is 5.69 Å². The van der Waals surface area contributed by atoms with Crippen LogP contribution in [0.2, 0.25) is 0 Å². The Morgan fingerprint density at radius 2 is 2.18 bits per heavy atom. The molecule has 4 heteroatoms. The molecule has 0 saturated heterocycles. The highest BCUT2D eigenvalue weighted by Crippen LogP contribution is 2.15. The summed E-state index contributed by atoms with van der Waals surface area (Å²) in [5.74, 6) is 0. The minimum Gasteiger partial charge on any atom is -0.383 e. The molecule has 0 saturated carbocycles. The first-order valence-corrected chi connectivity index (χ1v) is 6.44. The number of halogens is 1. The molecule has 1 aromatic heterocycles. The van der Waals surface area contributed by atoms with E-state index >= 15 is 0 Å². The molecule has 0 amide bonds. The van der Waals surface area contributed by atoms with Crippen LogP contribution in [0.25, 0.3) is 0 Å². The molecule has 2 rings (SSSR count). The minimum atomic E-state index is 0.896. The lowest BCUT2D eigenvalue weighted by Crippen LogP contribution is -2.10. The zero-order valence-electron chi connectivity index (χ0n) is 10.1. The van der Waals surface area contributed by atoms with Crippen LogP contribution in [0.3, 0.4) is 0 Å². The molecule has 0 fully saturated rings. The molecule has 2 aromatic rings. The Kier molecular flexibility index (Phi) is 3.84. The molecule has 0 aliphatic heterocycles. The van der Waals surface area contributed by atoms with Crippen molar-refractivity contribution in [1.82, 2.24) is 9.55 Å². The van der Waals surface area contributed by atoms with E-state index in [9.17, 15) is 0 Å². The molecule has 1 N–H and O–H groups in total. The maximum atomic E-state index is 4.28. The van der Waals surface area contributed by atoms with Gasteiger partial charge in [0.1, 0.15) is 0 Å². The molecule has 0 radical (unpaired) electrons. The van der Waals surface area contributed by atoms with Crippen LogP contribution in [0, 0.1) is 13.8 Å². The van der Waals surface area contributed by atoms with Crippen molar-refractivity contribution in [2.75, 3.05) is 11.9 Å². The first-order chi connectivity index (χ1) is 8.16. The number of benzene rings is 1. The second-order valence-corrected chi connectivity index (χ2v) is 4.96. The van der Waals surface area contributed by atoms with Crippen LogP contribution in [0.4, 0.5) is 5.69 Å². The average Bonchev–Trinajstić information content (AvgIpc) is 2.61. The number of aromatic nitrogens is 2. The predicted molar refractivity (Wildman–Crippen MR) is 74.3 cm³/mol. The van der Waals surface area contributed by atoms with E-state index in [4.69, 9.17) is 0 Å². The fraction of sp³-hybridized carbons (Fsp3) is 0.308. The Morgan fingerprint density at radius 1 is 1.35 bits per heavy atom. The molecule has 1 heterocycles. The van der Waals surface area contributed by atoms with Gasteiger partial charge in [0.2, 0.25) is 0 Å². The van der Waals surface area contributed by atoms with Crippen molar-refractivity contribution in [2.45, 2.75) is 20.4 Å². The summed E-state index contributed by atoms with van der Waals surface area (Å²) in [6.45, 7) is 5.96. The number of rotatable bonds is 4. The maximum absolute atomic E-state index is 4.28. The van der Waals surface area contributed by atoms with Crippen LogP contribution in [0.5, 0.6) is 0 Å². The van der Waals surface area contributed by atoms with Crippen LogP contribution < -0.4 is 5.32 Å². The third-order valence-corrected chi connectivity index (χ3v) is 3.34. The molecule has 0 bridgehead atoms. The topological polar surface area (TPSA) is 29.9 Å². The largest absolute Gasteiger partial charge is 0.383 e. The van der Waals surface area contributed by atoms with Gasteiger partial charge < -0.3 is 9.88 Å². The van der Waals surface area contributed by atoms with E-state index in [-0.39, 0.29) is 0 Å². The third kappa shape index (κ3) is 3.09. The van der Waals surface area contributed by atoms with Crippen molar-refractivity contribution >= 4 is 21.6 Å². The fourth-order valence-corrected chi connectivity index (χ4v) is 2.09. The van der Waals surface area contributed by atoms with Gasteiger partial charge >= 0.3 is 0 Å². The van der Waals surface area contributed by atoms with Gasteiger partial charge in [-0.15, -0.1) is 0 Å². The van der Waals surface area contributed by atoms with E-state index in [1.54, 1.807) is 0 Å². The van der Waals surface area contributed by atoms with Crippen molar-refractivity contribution < 1.29 is 0 Å². The van der Waals surface area contributed by atoms with Gasteiger partial charge in [-0.3, -0.25) is 0 Å². The number of hydrogen-bond donors (Lipinski definition) is 1. The number of nitrogens with zero attached hydrogens (tertiary/aromatic N) is 2. The van der Waals surface area contributed by atoms with Gasteiger partial charge in [0.25, 0.3) is 0 Å². The summed E-state index contributed by atoms with van der Waals surface area (Å²) in [6, 6.07) is 8.19. The van der Waals surface area contributed by atoms with E-state index in [1.807, 2.05) is 25.4 Å². The Morgan fingerprint density at radius 3 is 2.82 bits per heavy atom. The number of nitrogens with one attached hydrogen (secondary N) is 1. The van der Waals surface area contributed by atoms with Gasteiger partial charge in [0, 0.05) is 28.9 Å².